The van der Waals surface area contributed by atoms with Gasteiger partial charge in [-0.05, 0) is 38.1 Å². The van der Waals surface area contributed by atoms with Gasteiger partial charge in [0.1, 0.15) is 5.75 Å². The van der Waals surface area contributed by atoms with Crippen LogP contribution in [0.3, 0.4) is 0 Å². The number of amides is 1. The van der Waals surface area contributed by atoms with Crippen LogP contribution in [0.15, 0.2) is 48.5 Å². The largest absolute Gasteiger partial charge is 0.490 e. The van der Waals surface area contributed by atoms with Crippen molar-refractivity contribution < 1.29 is 14.3 Å². The van der Waals surface area contributed by atoms with Crippen molar-refractivity contribution in [3.8, 4) is 17.2 Å². The summed E-state index contributed by atoms with van der Waals surface area (Å²) in [6.45, 7) is 6.78. The van der Waals surface area contributed by atoms with Gasteiger partial charge in [0.05, 0.1) is 12.2 Å². The van der Waals surface area contributed by atoms with Crippen molar-refractivity contribution in [1.29, 1.82) is 0 Å². The molecular weight excluding hydrogens is 352 g/mol. The Morgan fingerprint density at radius 2 is 1.77 bits per heavy atom. The number of piperazine rings is 1. The number of carbonyl (C=O) groups is 1. The first kappa shape index (κ1) is 20.1. The lowest BCUT2D eigenvalue weighted by atomic mass is 10.1. The number of benzene rings is 2. The van der Waals surface area contributed by atoms with Gasteiger partial charge < -0.3 is 19.7 Å². The molecule has 2 aromatic carbocycles. The van der Waals surface area contributed by atoms with E-state index in [-0.39, 0.29) is 18.3 Å². The summed E-state index contributed by atoms with van der Waals surface area (Å²) in [7, 11) is 0. The van der Waals surface area contributed by atoms with Gasteiger partial charge in [-0.15, -0.1) is 12.4 Å². The lowest BCUT2D eigenvalue weighted by molar-refractivity contribution is 0.0706. The number of halogens is 1. The van der Waals surface area contributed by atoms with E-state index in [0.717, 1.165) is 6.54 Å². The number of rotatable bonds is 5. The van der Waals surface area contributed by atoms with Crippen molar-refractivity contribution in [3.05, 3.63) is 54.1 Å². The number of hydrogen-bond acceptors (Lipinski definition) is 4. The van der Waals surface area contributed by atoms with Crippen LogP contribution < -0.4 is 14.8 Å². The van der Waals surface area contributed by atoms with Crippen LogP contribution in [-0.4, -0.2) is 43.1 Å². The second-order valence-corrected chi connectivity index (χ2v) is 6.08. The molecule has 1 N–H and O–H groups in total. The highest BCUT2D eigenvalue weighted by Gasteiger charge is 2.24. The predicted octanol–water partition coefficient (Wildman–Crippen LogP) is 3.73. The fraction of sp³-hybridized carbons (Fsp3) is 0.350. The number of nitrogens with one attached hydrogen (secondary N) is 1. The summed E-state index contributed by atoms with van der Waals surface area (Å²) < 4.78 is 11.7. The normalized spacial score (nSPS) is 16.5. The van der Waals surface area contributed by atoms with E-state index in [2.05, 4.69) is 12.2 Å². The second-order valence-electron chi connectivity index (χ2n) is 6.08. The van der Waals surface area contributed by atoms with E-state index in [4.69, 9.17) is 9.47 Å². The molecule has 1 fully saturated rings. The van der Waals surface area contributed by atoms with Crippen molar-refractivity contribution in [3.63, 3.8) is 0 Å². The molecule has 140 valence electrons. The fourth-order valence-corrected chi connectivity index (χ4v) is 2.95. The molecule has 1 atom stereocenters. The number of nitrogens with zero attached hydrogens (tertiary/aromatic N) is 1. The first-order valence-corrected chi connectivity index (χ1v) is 8.70. The Bertz CT molecular complexity index is 739. The minimum atomic E-state index is -0.00200. The summed E-state index contributed by atoms with van der Waals surface area (Å²) in [5, 5.41) is 3.35. The van der Waals surface area contributed by atoms with Crippen LogP contribution in [0.2, 0.25) is 0 Å². The molecule has 0 aliphatic carbocycles. The van der Waals surface area contributed by atoms with E-state index < -0.39 is 0 Å². The standard InChI is InChI=1S/C20H24N2O3.ClH/c1-3-24-18-10-6-7-11-19(18)25-17-9-5-4-8-16(17)20(23)22-13-12-21-15(2)14-22;/h4-11,15,21H,3,12-14H2,1-2H3;1H. The molecule has 0 bridgehead atoms. The Kier molecular flexibility index (Phi) is 7.30. The molecule has 1 saturated heterocycles. The molecular formula is C20H25ClN2O3. The monoisotopic (exact) mass is 376 g/mol. The van der Waals surface area contributed by atoms with E-state index in [1.807, 2.05) is 60.4 Å². The summed E-state index contributed by atoms with van der Waals surface area (Å²) in [6, 6.07) is 15.2. The smallest absolute Gasteiger partial charge is 0.257 e. The lowest BCUT2D eigenvalue weighted by Crippen LogP contribution is -2.51. The van der Waals surface area contributed by atoms with Gasteiger partial charge in [0.25, 0.3) is 5.91 Å². The highest BCUT2D eigenvalue weighted by Crippen LogP contribution is 2.33. The third-order valence-electron chi connectivity index (χ3n) is 4.14. The number of para-hydroxylation sites is 3. The third kappa shape index (κ3) is 4.68. The van der Waals surface area contributed by atoms with E-state index in [9.17, 15) is 4.79 Å². The van der Waals surface area contributed by atoms with Gasteiger partial charge in [-0.1, -0.05) is 24.3 Å². The van der Waals surface area contributed by atoms with Crippen molar-refractivity contribution in [2.24, 2.45) is 0 Å². The molecule has 6 heteroatoms. The Balaban J connectivity index is 0.00000243. The summed E-state index contributed by atoms with van der Waals surface area (Å²) in [6.07, 6.45) is 0. The molecule has 0 radical (unpaired) electrons. The van der Waals surface area contributed by atoms with E-state index >= 15 is 0 Å². The van der Waals surface area contributed by atoms with Crippen molar-refractivity contribution in [2.75, 3.05) is 26.2 Å². The zero-order chi connectivity index (χ0) is 17.6. The Morgan fingerprint density at radius 3 is 2.46 bits per heavy atom. The minimum absolute atomic E-state index is 0. The zero-order valence-electron chi connectivity index (χ0n) is 15.1. The van der Waals surface area contributed by atoms with Crippen LogP contribution >= 0.6 is 12.4 Å². The Morgan fingerprint density at radius 1 is 1.12 bits per heavy atom. The van der Waals surface area contributed by atoms with Crippen LogP contribution in [0.25, 0.3) is 0 Å². The van der Waals surface area contributed by atoms with Crippen molar-refractivity contribution >= 4 is 18.3 Å². The maximum atomic E-state index is 13.0. The molecule has 5 nitrogen and oxygen atoms in total. The van der Waals surface area contributed by atoms with E-state index in [1.54, 1.807) is 0 Å². The Hall–Kier alpha value is -2.24. The van der Waals surface area contributed by atoms with Crippen molar-refractivity contribution in [2.45, 2.75) is 19.9 Å². The average Bonchev–Trinajstić information content (AvgIpc) is 2.63. The molecule has 1 amide bonds. The molecule has 0 saturated carbocycles. The molecule has 1 unspecified atom stereocenters. The highest BCUT2D eigenvalue weighted by molar-refractivity contribution is 5.97. The number of ether oxygens (including phenoxy) is 2. The molecule has 0 spiro atoms. The highest BCUT2D eigenvalue weighted by atomic mass is 35.5. The first-order valence-electron chi connectivity index (χ1n) is 8.70. The molecule has 3 rings (SSSR count). The van der Waals surface area contributed by atoms with Gasteiger partial charge >= 0.3 is 0 Å². The maximum Gasteiger partial charge on any atom is 0.257 e. The zero-order valence-corrected chi connectivity index (χ0v) is 15.9. The molecule has 1 aliphatic rings. The average molecular weight is 377 g/mol. The van der Waals surface area contributed by atoms with Crippen LogP contribution in [0.4, 0.5) is 0 Å². The van der Waals surface area contributed by atoms with Crippen LogP contribution in [-0.2, 0) is 0 Å². The summed E-state index contributed by atoms with van der Waals surface area (Å²) in [4.78, 5) is 14.8. The van der Waals surface area contributed by atoms with E-state index in [1.165, 1.54) is 0 Å². The SMILES string of the molecule is CCOc1ccccc1Oc1ccccc1C(=O)N1CCNC(C)C1.Cl. The number of hydrogen-bond donors (Lipinski definition) is 1. The fourth-order valence-electron chi connectivity index (χ4n) is 2.95. The quantitative estimate of drug-likeness (QED) is 0.863. The van der Waals surface area contributed by atoms with Crippen molar-refractivity contribution in [1.82, 2.24) is 10.2 Å². The summed E-state index contributed by atoms with van der Waals surface area (Å²) >= 11 is 0. The van der Waals surface area contributed by atoms with Crippen LogP contribution in [0.5, 0.6) is 17.2 Å². The maximum absolute atomic E-state index is 13.0. The molecule has 0 aromatic heterocycles. The van der Waals surface area contributed by atoms with Gasteiger partial charge in [0.2, 0.25) is 0 Å². The van der Waals surface area contributed by atoms with Gasteiger partial charge in [-0.3, -0.25) is 4.79 Å². The Labute approximate surface area is 160 Å². The minimum Gasteiger partial charge on any atom is -0.490 e. The van der Waals surface area contributed by atoms with Crippen LogP contribution in [0.1, 0.15) is 24.2 Å². The van der Waals surface area contributed by atoms with Crippen LogP contribution in [0, 0.1) is 0 Å². The topological polar surface area (TPSA) is 50.8 Å². The second kappa shape index (κ2) is 9.46. The third-order valence-corrected chi connectivity index (χ3v) is 4.14. The lowest BCUT2D eigenvalue weighted by Gasteiger charge is -2.32. The van der Waals surface area contributed by atoms with Gasteiger partial charge in [0.15, 0.2) is 11.5 Å². The molecule has 26 heavy (non-hydrogen) atoms. The van der Waals surface area contributed by atoms with E-state index in [0.29, 0.717) is 48.6 Å². The molecule has 1 aliphatic heterocycles. The van der Waals surface area contributed by atoms with Gasteiger partial charge in [0, 0.05) is 25.7 Å². The summed E-state index contributed by atoms with van der Waals surface area (Å²) in [5.41, 5.74) is 0.572. The van der Waals surface area contributed by atoms with Gasteiger partial charge in [-0.2, -0.15) is 0 Å². The molecule has 2 aromatic rings. The first-order chi connectivity index (χ1) is 12.2. The number of carbonyl (C=O) groups excluding carboxylic acids is 1. The predicted molar refractivity (Wildman–Crippen MR) is 105 cm³/mol. The molecule has 1 heterocycles. The van der Waals surface area contributed by atoms with Gasteiger partial charge in [-0.25, -0.2) is 0 Å². The summed E-state index contributed by atoms with van der Waals surface area (Å²) in [5.74, 6) is 1.82.